The largest absolute Gasteiger partial charge is 0.390 e. The first-order valence-electron chi connectivity index (χ1n) is 8.45. The summed E-state index contributed by atoms with van der Waals surface area (Å²) >= 11 is 0. The molecule has 0 spiro atoms. The molecule has 116 valence electrons. The minimum absolute atomic E-state index is 0.0515. The Morgan fingerprint density at radius 1 is 1.20 bits per heavy atom. The van der Waals surface area contributed by atoms with Crippen molar-refractivity contribution < 1.29 is 14.6 Å². The van der Waals surface area contributed by atoms with Crippen LogP contribution in [0.3, 0.4) is 0 Å². The van der Waals surface area contributed by atoms with Crippen molar-refractivity contribution in [3.05, 3.63) is 0 Å². The molecule has 20 heavy (non-hydrogen) atoms. The molecule has 2 fully saturated rings. The molecule has 3 heteroatoms. The van der Waals surface area contributed by atoms with E-state index in [0.717, 1.165) is 64.4 Å². The summed E-state index contributed by atoms with van der Waals surface area (Å²) in [6, 6.07) is 0. The summed E-state index contributed by atoms with van der Waals surface area (Å²) in [5.74, 6) is 0.465. The van der Waals surface area contributed by atoms with Gasteiger partial charge in [-0.15, -0.1) is 0 Å². The van der Waals surface area contributed by atoms with Crippen molar-refractivity contribution in [2.75, 3.05) is 6.61 Å². The Kier molecular flexibility index (Phi) is 6.03. The molecule has 2 saturated carbocycles. The predicted octanol–water partition coefficient (Wildman–Crippen LogP) is 3.63. The maximum Gasteiger partial charge on any atom is 0.138 e. The summed E-state index contributed by atoms with van der Waals surface area (Å²) in [7, 11) is 0. The lowest BCUT2D eigenvalue weighted by molar-refractivity contribution is -0.130. The Bertz CT molecular complexity index is 315. The van der Waals surface area contributed by atoms with Gasteiger partial charge in [0, 0.05) is 18.4 Å². The van der Waals surface area contributed by atoms with E-state index in [4.69, 9.17) is 4.74 Å². The van der Waals surface area contributed by atoms with E-state index >= 15 is 0 Å². The monoisotopic (exact) mass is 282 g/mol. The van der Waals surface area contributed by atoms with E-state index in [9.17, 15) is 9.90 Å². The van der Waals surface area contributed by atoms with Crippen molar-refractivity contribution in [3.8, 4) is 0 Å². The molecule has 0 aliphatic heterocycles. The summed E-state index contributed by atoms with van der Waals surface area (Å²) in [6.07, 6.45) is 11.2. The molecule has 0 radical (unpaired) electrons. The number of rotatable bonds is 6. The highest BCUT2D eigenvalue weighted by molar-refractivity contribution is 5.85. The summed E-state index contributed by atoms with van der Waals surface area (Å²) in [5.41, 5.74) is -0.0669. The van der Waals surface area contributed by atoms with Crippen LogP contribution in [0, 0.1) is 5.41 Å². The van der Waals surface area contributed by atoms with Crippen molar-refractivity contribution >= 4 is 5.78 Å². The normalized spacial score (nSPS) is 35.2. The van der Waals surface area contributed by atoms with Crippen LogP contribution in [0.25, 0.3) is 0 Å². The van der Waals surface area contributed by atoms with E-state index in [1.165, 1.54) is 12.8 Å². The standard InChI is InChI=1S/C17H30O3/c1-17(11-5-4-10-16(17)19)12-6-7-13-20-15-9-3-2-8-14(15)18/h14-15,18H,2-13H2,1H3/t14-,15-,17?/m1/s1. The lowest BCUT2D eigenvalue weighted by atomic mass is 9.71. The third kappa shape index (κ3) is 4.29. The van der Waals surface area contributed by atoms with Crippen molar-refractivity contribution in [1.82, 2.24) is 0 Å². The molecule has 0 aromatic carbocycles. The topological polar surface area (TPSA) is 46.5 Å². The van der Waals surface area contributed by atoms with Gasteiger partial charge in [0.15, 0.2) is 0 Å². The molecule has 2 aliphatic carbocycles. The average Bonchev–Trinajstić information content (AvgIpc) is 2.44. The Morgan fingerprint density at radius 2 is 2.00 bits per heavy atom. The fourth-order valence-electron chi connectivity index (χ4n) is 3.63. The van der Waals surface area contributed by atoms with Gasteiger partial charge in [0.2, 0.25) is 0 Å². The lowest BCUT2D eigenvalue weighted by Crippen LogP contribution is -2.33. The smallest absolute Gasteiger partial charge is 0.138 e. The average molecular weight is 282 g/mol. The fraction of sp³-hybridized carbons (Fsp3) is 0.941. The van der Waals surface area contributed by atoms with E-state index in [1.807, 2.05) is 0 Å². The molecule has 2 aliphatic rings. The number of carbonyl (C=O) groups is 1. The summed E-state index contributed by atoms with van der Waals surface area (Å²) < 4.78 is 5.81. The first-order valence-corrected chi connectivity index (χ1v) is 8.45. The van der Waals surface area contributed by atoms with Gasteiger partial charge >= 0.3 is 0 Å². The summed E-state index contributed by atoms with van der Waals surface area (Å²) in [4.78, 5) is 12.0. The van der Waals surface area contributed by atoms with E-state index in [2.05, 4.69) is 6.92 Å². The minimum atomic E-state index is -0.263. The highest BCUT2D eigenvalue weighted by Crippen LogP contribution is 2.37. The van der Waals surface area contributed by atoms with E-state index < -0.39 is 0 Å². The number of carbonyl (C=O) groups excluding carboxylic acids is 1. The molecular weight excluding hydrogens is 252 g/mol. The molecule has 0 aromatic heterocycles. The zero-order valence-corrected chi connectivity index (χ0v) is 12.9. The van der Waals surface area contributed by atoms with Gasteiger partial charge in [-0.25, -0.2) is 0 Å². The third-order valence-electron chi connectivity index (χ3n) is 5.18. The van der Waals surface area contributed by atoms with Crippen LogP contribution in [-0.2, 0) is 9.53 Å². The zero-order valence-electron chi connectivity index (χ0n) is 12.9. The van der Waals surface area contributed by atoms with Gasteiger partial charge in [-0.2, -0.15) is 0 Å². The van der Waals surface area contributed by atoms with Crippen LogP contribution in [-0.4, -0.2) is 29.7 Å². The first-order chi connectivity index (χ1) is 9.62. The van der Waals surface area contributed by atoms with Crippen LogP contribution >= 0.6 is 0 Å². The van der Waals surface area contributed by atoms with E-state index in [-0.39, 0.29) is 17.6 Å². The van der Waals surface area contributed by atoms with Crippen molar-refractivity contribution in [2.45, 2.75) is 89.8 Å². The van der Waals surface area contributed by atoms with Crippen molar-refractivity contribution in [1.29, 1.82) is 0 Å². The van der Waals surface area contributed by atoms with Gasteiger partial charge in [-0.1, -0.05) is 32.6 Å². The Labute approximate surface area is 123 Å². The van der Waals surface area contributed by atoms with Gasteiger partial charge < -0.3 is 9.84 Å². The number of hydrogen-bond donors (Lipinski definition) is 1. The van der Waals surface area contributed by atoms with Gasteiger partial charge in [-0.05, 0) is 38.5 Å². The molecule has 0 heterocycles. The highest BCUT2D eigenvalue weighted by atomic mass is 16.5. The number of aliphatic hydroxyl groups is 1. The quantitative estimate of drug-likeness (QED) is 0.757. The van der Waals surface area contributed by atoms with Gasteiger partial charge in [0.05, 0.1) is 12.2 Å². The number of aliphatic hydroxyl groups excluding tert-OH is 1. The van der Waals surface area contributed by atoms with Gasteiger partial charge in [0.1, 0.15) is 5.78 Å². The summed E-state index contributed by atoms with van der Waals surface area (Å²) in [5, 5.41) is 9.84. The number of ketones is 1. The Hall–Kier alpha value is -0.410. The summed E-state index contributed by atoms with van der Waals surface area (Å²) in [6.45, 7) is 2.87. The SMILES string of the molecule is CC1(CCCCO[C@@H]2CCCC[C@H]2O)CCCCC1=O. The first kappa shape index (κ1) is 16.0. The van der Waals surface area contributed by atoms with Crippen molar-refractivity contribution in [2.24, 2.45) is 5.41 Å². The van der Waals surface area contributed by atoms with Crippen LogP contribution in [0.4, 0.5) is 0 Å². The number of hydrogen-bond acceptors (Lipinski definition) is 3. The second-order valence-electron chi connectivity index (χ2n) is 6.91. The maximum absolute atomic E-state index is 12.0. The van der Waals surface area contributed by atoms with E-state index in [0.29, 0.717) is 5.78 Å². The van der Waals surface area contributed by atoms with E-state index in [1.54, 1.807) is 0 Å². The molecule has 1 unspecified atom stereocenters. The molecular formula is C17H30O3. The molecule has 0 amide bonds. The predicted molar refractivity (Wildman–Crippen MR) is 79.6 cm³/mol. The molecule has 0 saturated heterocycles. The molecule has 3 nitrogen and oxygen atoms in total. The van der Waals surface area contributed by atoms with Gasteiger partial charge in [-0.3, -0.25) is 4.79 Å². The van der Waals surface area contributed by atoms with Crippen LogP contribution in [0.1, 0.15) is 77.6 Å². The Balaban J connectivity index is 1.60. The van der Waals surface area contributed by atoms with Crippen LogP contribution < -0.4 is 0 Å². The molecule has 3 atom stereocenters. The molecule has 0 aromatic rings. The van der Waals surface area contributed by atoms with Crippen LogP contribution in [0.15, 0.2) is 0 Å². The zero-order chi connectivity index (χ0) is 14.4. The highest BCUT2D eigenvalue weighted by Gasteiger charge is 2.34. The van der Waals surface area contributed by atoms with Crippen LogP contribution in [0.5, 0.6) is 0 Å². The second kappa shape index (κ2) is 7.56. The molecule has 0 bridgehead atoms. The Morgan fingerprint density at radius 3 is 2.75 bits per heavy atom. The number of unbranched alkanes of at least 4 members (excludes halogenated alkanes) is 1. The van der Waals surface area contributed by atoms with Crippen LogP contribution in [0.2, 0.25) is 0 Å². The number of ether oxygens (including phenoxy) is 1. The fourth-order valence-corrected chi connectivity index (χ4v) is 3.63. The number of Topliss-reactive ketones (excluding diaryl/α,β-unsaturated/α-hetero) is 1. The second-order valence-corrected chi connectivity index (χ2v) is 6.91. The maximum atomic E-state index is 12.0. The van der Waals surface area contributed by atoms with Crippen molar-refractivity contribution in [3.63, 3.8) is 0 Å². The third-order valence-corrected chi connectivity index (χ3v) is 5.18. The molecule has 2 rings (SSSR count). The lowest BCUT2D eigenvalue weighted by Gasteiger charge is -2.32. The molecule has 1 N–H and O–H groups in total. The van der Waals surface area contributed by atoms with Gasteiger partial charge in [0.25, 0.3) is 0 Å². The minimum Gasteiger partial charge on any atom is -0.390 e.